The summed E-state index contributed by atoms with van der Waals surface area (Å²) in [4.78, 5) is 15.3. The highest BCUT2D eigenvalue weighted by Crippen LogP contribution is 2.34. The molecule has 0 saturated carbocycles. The summed E-state index contributed by atoms with van der Waals surface area (Å²) in [6.45, 7) is 0. The molecule has 0 bridgehead atoms. The SMILES string of the molecule is COc1ccc(N2C=CC(c3ccccc3)C(C(=O)c3ccccc3)=C2)cc1. The minimum absolute atomic E-state index is 0.0392. The van der Waals surface area contributed by atoms with E-state index in [9.17, 15) is 4.79 Å². The van der Waals surface area contributed by atoms with Gasteiger partial charge in [0, 0.05) is 35.1 Å². The molecule has 0 amide bonds. The zero-order valence-corrected chi connectivity index (χ0v) is 15.7. The molecule has 1 unspecified atom stereocenters. The highest BCUT2D eigenvalue weighted by molar-refractivity contribution is 6.10. The number of anilines is 1. The van der Waals surface area contributed by atoms with Gasteiger partial charge in [-0.25, -0.2) is 0 Å². The number of hydrogen-bond donors (Lipinski definition) is 0. The van der Waals surface area contributed by atoms with Crippen LogP contribution in [0.25, 0.3) is 0 Å². The lowest BCUT2D eigenvalue weighted by Crippen LogP contribution is -2.21. The molecule has 1 aliphatic rings. The number of allylic oxidation sites excluding steroid dienone is 2. The second kappa shape index (κ2) is 7.97. The second-order valence-electron chi connectivity index (χ2n) is 6.61. The molecule has 138 valence electrons. The van der Waals surface area contributed by atoms with Crippen LogP contribution in [0.5, 0.6) is 5.75 Å². The second-order valence-corrected chi connectivity index (χ2v) is 6.61. The summed E-state index contributed by atoms with van der Waals surface area (Å²) in [5.41, 5.74) is 3.51. The molecule has 0 aliphatic carbocycles. The Morgan fingerprint density at radius 1 is 0.857 bits per heavy atom. The molecule has 3 heteroatoms. The topological polar surface area (TPSA) is 29.5 Å². The van der Waals surface area contributed by atoms with Gasteiger partial charge in [0.1, 0.15) is 5.75 Å². The average molecular weight is 367 g/mol. The van der Waals surface area contributed by atoms with Crippen LogP contribution in [-0.2, 0) is 0 Å². The maximum atomic E-state index is 13.3. The lowest BCUT2D eigenvalue weighted by atomic mass is 9.85. The summed E-state index contributed by atoms with van der Waals surface area (Å²) in [5.74, 6) is 0.761. The van der Waals surface area contributed by atoms with Crippen LogP contribution in [0.3, 0.4) is 0 Å². The van der Waals surface area contributed by atoms with E-state index in [1.54, 1.807) is 7.11 Å². The number of methoxy groups -OCH3 is 1. The van der Waals surface area contributed by atoms with Crippen molar-refractivity contribution in [3.8, 4) is 5.75 Å². The Bertz CT molecular complexity index is 1010. The smallest absolute Gasteiger partial charge is 0.191 e. The molecule has 0 radical (unpaired) electrons. The summed E-state index contributed by atoms with van der Waals surface area (Å²) in [7, 11) is 1.65. The van der Waals surface area contributed by atoms with E-state index >= 15 is 0 Å². The number of ketones is 1. The van der Waals surface area contributed by atoms with E-state index in [-0.39, 0.29) is 11.7 Å². The number of Topliss-reactive ketones (excluding diaryl/α,β-unsaturated/α-hetero) is 1. The third kappa shape index (κ3) is 3.60. The first-order valence-corrected chi connectivity index (χ1v) is 9.23. The molecule has 1 heterocycles. The molecule has 3 aromatic rings. The van der Waals surface area contributed by atoms with Gasteiger partial charge < -0.3 is 9.64 Å². The van der Waals surface area contributed by atoms with E-state index < -0.39 is 0 Å². The summed E-state index contributed by atoms with van der Waals surface area (Å²) in [5, 5.41) is 0. The first-order valence-electron chi connectivity index (χ1n) is 9.23. The number of nitrogens with zero attached hydrogens (tertiary/aromatic N) is 1. The number of hydrogen-bond acceptors (Lipinski definition) is 3. The van der Waals surface area contributed by atoms with E-state index in [0.717, 1.165) is 22.6 Å². The van der Waals surface area contributed by atoms with E-state index in [1.807, 2.05) is 90.1 Å². The van der Waals surface area contributed by atoms with Gasteiger partial charge in [-0.15, -0.1) is 0 Å². The van der Waals surface area contributed by atoms with Crippen molar-refractivity contribution in [3.05, 3.63) is 120 Å². The molecule has 0 N–H and O–H groups in total. The van der Waals surface area contributed by atoms with Gasteiger partial charge in [-0.3, -0.25) is 4.79 Å². The number of ether oxygens (including phenoxy) is 1. The van der Waals surface area contributed by atoms with Crippen LogP contribution in [-0.4, -0.2) is 12.9 Å². The minimum Gasteiger partial charge on any atom is -0.497 e. The third-order valence-corrected chi connectivity index (χ3v) is 4.88. The zero-order chi connectivity index (χ0) is 19.3. The van der Waals surface area contributed by atoms with Crippen molar-refractivity contribution in [2.75, 3.05) is 12.0 Å². The van der Waals surface area contributed by atoms with Crippen molar-refractivity contribution in [3.63, 3.8) is 0 Å². The minimum atomic E-state index is -0.0802. The Morgan fingerprint density at radius 3 is 2.14 bits per heavy atom. The largest absolute Gasteiger partial charge is 0.497 e. The fourth-order valence-corrected chi connectivity index (χ4v) is 3.38. The highest BCUT2D eigenvalue weighted by Gasteiger charge is 2.25. The maximum absolute atomic E-state index is 13.3. The van der Waals surface area contributed by atoms with Gasteiger partial charge in [-0.2, -0.15) is 0 Å². The van der Waals surface area contributed by atoms with Crippen LogP contribution >= 0.6 is 0 Å². The fraction of sp³-hybridized carbons (Fsp3) is 0.0800. The Morgan fingerprint density at radius 2 is 1.50 bits per heavy atom. The van der Waals surface area contributed by atoms with Gasteiger partial charge in [0.2, 0.25) is 0 Å². The number of carbonyl (C=O) groups excluding carboxylic acids is 1. The number of carbonyl (C=O) groups is 1. The van der Waals surface area contributed by atoms with Gasteiger partial charge in [0.15, 0.2) is 5.78 Å². The molecule has 28 heavy (non-hydrogen) atoms. The van der Waals surface area contributed by atoms with Crippen molar-refractivity contribution in [2.24, 2.45) is 0 Å². The lowest BCUT2D eigenvalue weighted by molar-refractivity contribution is 0.102. The Kier molecular flexibility index (Phi) is 5.07. The summed E-state index contributed by atoms with van der Waals surface area (Å²) in [6.07, 6.45) is 6.03. The van der Waals surface area contributed by atoms with Crippen LogP contribution in [0.1, 0.15) is 21.8 Å². The van der Waals surface area contributed by atoms with Crippen molar-refractivity contribution >= 4 is 11.5 Å². The molecule has 0 spiro atoms. The first-order chi connectivity index (χ1) is 13.8. The predicted molar refractivity (Wildman–Crippen MR) is 113 cm³/mol. The fourth-order valence-electron chi connectivity index (χ4n) is 3.38. The van der Waals surface area contributed by atoms with Crippen molar-refractivity contribution in [1.29, 1.82) is 0 Å². The Hall–Kier alpha value is -3.59. The van der Waals surface area contributed by atoms with Crippen molar-refractivity contribution < 1.29 is 9.53 Å². The van der Waals surface area contributed by atoms with Crippen LogP contribution in [0, 0.1) is 0 Å². The lowest BCUT2D eigenvalue weighted by Gasteiger charge is -2.27. The molecule has 0 aromatic heterocycles. The van der Waals surface area contributed by atoms with Crippen LogP contribution < -0.4 is 9.64 Å². The maximum Gasteiger partial charge on any atom is 0.191 e. The van der Waals surface area contributed by atoms with Crippen molar-refractivity contribution in [2.45, 2.75) is 5.92 Å². The van der Waals surface area contributed by atoms with E-state index in [1.165, 1.54) is 0 Å². The van der Waals surface area contributed by atoms with E-state index in [2.05, 4.69) is 18.2 Å². The molecule has 0 saturated heterocycles. The van der Waals surface area contributed by atoms with Crippen LogP contribution in [0.15, 0.2) is 109 Å². The number of rotatable bonds is 5. The summed E-state index contributed by atoms with van der Waals surface area (Å²) in [6, 6.07) is 27.3. The number of benzene rings is 3. The molecule has 1 aliphatic heterocycles. The van der Waals surface area contributed by atoms with Gasteiger partial charge >= 0.3 is 0 Å². The van der Waals surface area contributed by atoms with Gasteiger partial charge in [0.05, 0.1) is 7.11 Å². The highest BCUT2D eigenvalue weighted by atomic mass is 16.5. The molecule has 0 fully saturated rings. The van der Waals surface area contributed by atoms with Gasteiger partial charge in [0.25, 0.3) is 0 Å². The van der Waals surface area contributed by atoms with Gasteiger partial charge in [-0.05, 0) is 29.8 Å². The summed E-state index contributed by atoms with van der Waals surface area (Å²) < 4.78 is 5.24. The third-order valence-electron chi connectivity index (χ3n) is 4.88. The monoisotopic (exact) mass is 367 g/mol. The van der Waals surface area contributed by atoms with E-state index in [0.29, 0.717) is 5.56 Å². The summed E-state index contributed by atoms with van der Waals surface area (Å²) >= 11 is 0. The molecular weight excluding hydrogens is 346 g/mol. The molecule has 1 atom stereocenters. The average Bonchev–Trinajstić information content (AvgIpc) is 2.79. The van der Waals surface area contributed by atoms with Gasteiger partial charge in [-0.1, -0.05) is 66.7 Å². The molecule has 3 aromatic carbocycles. The van der Waals surface area contributed by atoms with Crippen LogP contribution in [0.2, 0.25) is 0 Å². The standard InChI is InChI=1S/C25H21NO2/c1-28-22-14-12-21(13-15-22)26-17-16-23(19-8-4-2-5-9-19)24(18-26)25(27)20-10-6-3-7-11-20/h2-18,23H,1H3. The first kappa shape index (κ1) is 17.8. The molecule has 3 nitrogen and oxygen atoms in total. The Labute approximate surface area is 165 Å². The van der Waals surface area contributed by atoms with Crippen molar-refractivity contribution in [1.82, 2.24) is 0 Å². The van der Waals surface area contributed by atoms with Crippen LogP contribution in [0.4, 0.5) is 5.69 Å². The van der Waals surface area contributed by atoms with E-state index in [4.69, 9.17) is 4.74 Å². The molecular formula is C25H21NO2. The quantitative estimate of drug-likeness (QED) is 0.551. The molecule has 4 rings (SSSR count). The Balaban J connectivity index is 1.74. The predicted octanol–water partition coefficient (Wildman–Crippen LogP) is 5.58. The normalized spacial score (nSPS) is 15.8. The zero-order valence-electron chi connectivity index (χ0n) is 15.7.